The first-order chi connectivity index (χ1) is 9.36. The minimum absolute atomic E-state index is 0.160. The lowest BCUT2D eigenvalue weighted by Gasteiger charge is -2.22. The van der Waals surface area contributed by atoms with Crippen molar-refractivity contribution in [2.45, 2.75) is 57.5 Å². The van der Waals surface area contributed by atoms with Crippen molar-refractivity contribution >= 4 is 5.91 Å². The van der Waals surface area contributed by atoms with Crippen molar-refractivity contribution in [3.8, 4) is 0 Å². The topological polar surface area (TPSA) is 47.6 Å². The predicted octanol–water partition coefficient (Wildman–Crippen LogP) is 2.27. The number of carbonyl (C=O) groups is 1. The second-order valence-electron chi connectivity index (χ2n) is 5.66. The van der Waals surface area contributed by atoms with Crippen molar-refractivity contribution < 1.29 is 14.3 Å². The Morgan fingerprint density at radius 2 is 1.84 bits per heavy atom. The molecule has 110 valence electrons. The third-order valence-corrected chi connectivity index (χ3v) is 4.12. The third kappa shape index (κ3) is 5.49. The highest BCUT2D eigenvalue weighted by Gasteiger charge is 2.20. The first kappa shape index (κ1) is 14.8. The summed E-state index contributed by atoms with van der Waals surface area (Å²) in [5.41, 5.74) is 0. The standard InChI is InChI=1S/C15H27NO3/c17-15(13-7-11-18-12-8-13)16-9-4-10-19-14-5-2-1-3-6-14/h13-14H,1-12H2,(H,16,17). The van der Waals surface area contributed by atoms with Crippen LogP contribution in [0.15, 0.2) is 0 Å². The monoisotopic (exact) mass is 269 g/mol. The van der Waals surface area contributed by atoms with E-state index in [4.69, 9.17) is 9.47 Å². The highest BCUT2D eigenvalue weighted by atomic mass is 16.5. The van der Waals surface area contributed by atoms with E-state index in [9.17, 15) is 4.79 Å². The van der Waals surface area contributed by atoms with Crippen molar-refractivity contribution in [2.75, 3.05) is 26.4 Å². The first-order valence-corrected chi connectivity index (χ1v) is 7.83. The van der Waals surface area contributed by atoms with E-state index in [1.807, 2.05) is 0 Å². The first-order valence-electron chi connectivity index (χ1n) is 7.83. The maximum atomic E-state index is 11.9. The molecule has 1 N–H and O–H groups in total. The molecule has 2 aliphatic rings. The molecule has 0 radical (unpaired) electrons. The van der Waals surface area contributed by atoms with Gasteiger partial charge in [0.15, 0.2) is 0 Å². The number of hydrogen-bond donors (Lipinski definition) is 1. The fourth-order valence-corrected chi connectivity index (χ4v) is 2.87. The molecule has 19 heavy (non-hydrogen) atoms. The van der Waals surface area contributed by atoms with Crippen LogP contribution in [0.1, 0.15) is 51.4 Å². The van der Waals surface area contributed by atoms with Crippen LogP contribution in [-0.2, 0) is 14.3 Å². The number of carbonyl (C=O) groups excluding carboxylic acids is 1. The molecule has 0 unspecified atom stereocenters. The largest absolute Gasteiger partial charge is 0.381 e. The average molecular weight is 269 g/mol. The molecular weight excluding hydrogens is 242 g/mol. The summed E-state index contributed by atoms with van der Waals surface area (Å²) in [6.07, 6.45) is 9.54. The molecule has 4 nitrogen and oxygen atoms in total. The summed E-state index contributed by atoms with van der Waals surface area (Å²) in [5, 5.41) is 3.02. The van der Waals surface area contributed by atoms with Crippen LogP contribution in [0.25, 0.3) is 0 Å². The van der Waals surface area contributed by atoms with Crippen LogP contribution in [0, 0.1) is 5.92 Å². The molecule has 1 amide bonds. The molecule has 1 heterocycles. The van der Waals surface area contributed by atoms with Crippen LogP contribution in [-0.4, -0.2) is 38.4 Å². The maximum absolute atomic E-state index is 11.9. The molecule has 1 saturated carbocycles. The van der Waals surface area contributed by atoms with Crippen LogP contribution < -0.4 is 5.32 Å². The molecule has 4 heteroatoms. The molecule has 0 aromatic rings. The number of hydrogen-bond acceptors (Lipinski definition) is 3. The SMILES string of the molecule is O=C(NCCCOC1CCCCC1)C1CCOCC1. The van der Waals surface area contributed by atoms with Gasteiger partial charge in [0, 0.05) is 32.3 Å². The molecule has 1 aliphatic carbocycles. The smallest absolute Gasteiger partial charge is 0.223 e. The van der Waals surface area contributed by atoms with Crippen molar-refractivity contribution in [1.82, 2.24) is 5.32 Å². The van der Waals surface area contributed by atoms with E-state index in [0.29, 0.717) is 6.10 Å². The molecule has 0 bridgehead atoms. The summed E-state index contributed by atoms with van der Waals surface area (Å²) in [4.78, 5) is 11.9. The summed E-state index contributed by atoms with van der Waals surface area (Å²) >= 11 is 0. The summed E-state index contributed by atoms with van der Waals surface area (Å²) in [7, 11) is 0. The van der Waals surface area contributed by atoms with Crippen LogP contribution in [0.3, 0.4) is 0 Å². The van der Waals surface area contributed by atoms with E-state index < -0.39 is 0 Å². The third-order valence-electron chi connectivity index (χ3n) is 4.12. The number of amides is 1. The normalized spacial score (nSPS) is 22.3. The van der Waals surface area contributed by atoms with Gasteiger partial charge in [-0.2, -0.15) is 0 Å². The quantitative estimate of drug-likeness (QED) is 0.752. The molecule has 0 aromatic carbocycles. The van der Waals surface area contributed by atoms with Crippen molar-refractivity contribution in [2.24, 2.45) is 5.92 Å². The summed E-state index contributed by atoms with van der Waals surface area (Å²) in [5.74, 6) is 0.356. The van der Waals surface area contributed by atoms with Gasteiger partial charge in [-0.1, -0.05) is 19.3 Å². The van der Waals surface area contributed by atoms with E-state index in [1.165, 1.54) is 32.1 Å². The Balaban J connectivity index is 1.47. The van der Waals surface area contributed by atoms with Gasteiger partial charge in [0.25, 0.3) is 0 Å². The average Bonchev–Trinajstić information content (AvgIpc) is 2.49. The van der Waals surface area contributed by atoms with Gasteiger partial charge >= 0.3 is 0 Å². The lowest BCUT2D eigenvalue weighted by atomic mass is 9.98. The molecule has 2 fully saturated rings. The highest BCUT2D eigenvalue weighted by molar-refractivity contribution is 5.78. The summed E-state index contributed by atoms with van der Waals surface area (Å²) in [6, 6.07) is 0. The van der Waals surface area contributed by atoms with Crippen LogP contribution in [0.2, 0.25) is 0 Å². The number of ether oxygens (including phenoxy) is 2. The Labute approximate surface area is 116 Å². The van der Waals surface area contributed by atoms with Crippen LogP contribution in [0.4, 0.5) is 0 Å². The van der Waals surface area contributed by atoms with Gasteiger partial charge in [-0.3, -0.25) is 4.79 Å². The molecular formula is C15H27NO3. The van der Waals surface area contributed by atoms with Gasteiger partial charge < -0.3 is 14.8 Å². The van der Waals surface area contributed by atoms with Crippen molar-refractivity contribution in [3.63, 3.8) is 0 Å². The second kappa shape index (κ2) is 8.54. The highest BCUT2D eigenvalue weighted by Crippen LogP contribution is 2.20. The van der Waals surface area contributed by atoms with E-state index in [2.05, 4.69) is 5.32 Å². The Hall–Kier alpha value is -0.610. The molecule has 2 rings (SSSR count). The van der Waals surface area contributed by atoms with Gasteiger partial charge in [0.05, 0.1) is 6.10 Å². The zero-order valence-corrected chi connectivity index (χ0v) is 11.9. The van der Waals surface area contributed by atoms with Crippen LogP contribution >= 0.6 is 0 Å². The van der Waals surface area contributed by atoms with E-state index in [-0.39, 0.29) is 11.8 Å². The molecule has 1 saturated heterocycles. The number of nitrogens with one attached hydrogen (secondary N) is 1. The zero-order chi connectivity index (χ0) is 13.3. The Morgan fingerprint density at radius 3 is 2.58 bits per heavy atom. The predicted molar refractivity (Wildman–Crippen MR) is 74.0 cm³/mol. The Bertz CT molecular complexity index is 258. The van der Waals surface area contributed by atoms with E-state index in [0.717, 1.165) is 45.6 Å². The lowest BCUT2D eigenvalue weighted by Crippen LogP contribution is -2.35. The van der Waals surface area contributed by atoms with Gasteiger partial charge in [-0.05, 0) is 32.1 Å². The maximum Gasteiger partial charge on any atom is 0.223 e. The number of rotatable bonds is 6. The molecule has 1 aliphatic heterocycles. The Morgan fingerprint density at radius 1 is 1.11 bits per heavy atom. The van der Waals surface area contributed by atoms with Gasteiger partial charge in [-0.25, -0.2) is 0 Å². The summed E-state index contributed by atoms with van der Waals surface area (Å²) in [6.45, 7) is 2.97. The summed E-state index contributed by atoms with van der Waals surface area (Å²) < 4.78 is 11.1. The van der Waals surface area contributed by atoms with Crippen molar-refractivity contribution in [1.29, 1.82) is 0 Å². The van der Waals surface area contributed by atoms with Gasteiger partial charge in [0.1, 0.15) is 0 Å². The van der Waals surface area contributed by atoms with Crippen molar-refractivity contribution in [3.05, 3.63) is 0 Å². The zero-order valence-electron chi connectivity index (χ0n) is 11.9. The van der Waals surface area contributed by atoms with E-state index >= 15 is 0 Å². The minimum Gasteiger partial charge on any atom is -0.381 e. The molecule has 0 spiro atoms. The van der Waals surface area contributed by atoms with Gasteiger partial charge in [-0.15, -0.1) is 0 Å². The molecule has 0 aromatic heterocycles. The minimum atomic E-state index is 0.160. The lowest BCUT2D eigenvalue weighted by molar-refractivity contribution is -0.127. The fraction of sp³-hybridized carbons (Fsp3) is 0.933. The Kier molecular flexibility index (Phi) is 6.65. The van der Waals surface area contributed by atoms with Crippen LogP contribution in [0.5, 0.6) is 0 Å². The van der Waals surface area contributed by atoms with Gasteiger partial charge in [0.2, 0.25) is 5.91 Å². The second-order valence-corrected chi connectivity index (χ2v) is 5.66. The van der Waals surface area contributed by atoms with E-state index in [1.54, 1.807) is 0 Å². The molecule has 0 atom stereocenters. The fourth-order valence-electron chi connectivity index (χ4n) is 2.87.